The second-order valence-corrected chi connectivity index (χ2v) is 13.3. The van der Waals surface area contributed by atoms with Crippen LogP contribution in [0, 0.1) is 5.92 Å². The average molecular weight is 635 g/mol. The Kier molecular flexibility index (Phi) is 13.6. The van der Waals surface area contributed by atoms with Crippen LogP contribution in [-0.4, -0.2) is 43.7 Å². The molecule has 47 heavy (non-hydrogen) atoms. The van der Waals surface area contributed by atoms with E-state index in [2.05, 4.69) is 83.9 Å². The summed E-state index contributed by atoms with van der Waals surface area (Å²) in [5.74, 6) is 2.38. The summed E-state index contributed by atoms with van der Waals surface area (Å²) in [4.78, 5) is 16.0. The third-order valence-electron chi connectivity index (χ3n) is 9.69. The highest BCUT2D eigenvalue weighted by molar-refractivity contribution is 5.83. The van der Waals surface area contributed by atoms with E-state index >= 15 is 0 Å². The van der Waals surface area contributed by atoms with Crippen LogP contribution < -0.4 is 14.8 Å². The van der Waals surface area contributed by atoms with Crippen molar-refractivity contribution in [1.82, 2.24) is 10.2 Å². The van der Waals surface area contributed by atoms with Crippen LogP contribution in [0.3, 0.4) is 0 Å². The molecule has 1 fully saturated rings. The van der Waals surface area contributed by atoms with Crippen molar-refractivity contribution >= 4 is 16.7 Å². The van der Waals surface area contributed by atoms with Gasteiger partial charge in [-0.2, -0.15) is 0 Å². The molecule has 0 radical (unpaired) electrons. The van der Waals surface area contributed by atoms with Crippen LogP contribution in [0.5, 0.6) is 11.5 Å². The van der Waals surface area contributed by atoms with Gasteiger partial charge in [-0.05, 0) is 103 Å². The van der Waals surface area contributed by atoms with E-state index in [0.29, 0.717) is 18.8 Å². The quantitative estimate of drug-likeness (QED) is 0.111. The first-order valence-corrected chi connectivity index (χ1v) is 17.9. The molecule has 5 heteroatoms. The Morgan fingerprint density at radius 2 is 1.53 bits per heavy atom. The molecule has 0 saturated carbocycles. The minimum Gasteiger partial charge on any atom is -0.497 e. The molecule has 4 aromatic rings. The number of rotatable bonds is 18. The molecule has 1 amide bonds. The average Bonchev–Trinajstić information content (AvgIpc) is 3.11. The fourth-order valence-corrected chi connectivity index (χ4v) is 6.86. The zero-order valence-electron chi connectivity index (χ0n) is 28.6. The maximum absolute atomic E-state index is 13.5. The van der Waals surface area contributed by atoms with Crippen LogP contribution in [0.1, 0.15) is 81.4 Å². The highest BCUT2D eigenvalue weighted by Crippen LogP contribution is 2.26. The number of fused-ring (bicyclic) bond motifs is 1. The molecule has 1 unspecified atom stereocenters. The highest BCUT2D eigenvalue weighted by Gasteiger charge is 2.28. The number of piperidine rings is 1. The lowest BCUT2D eigenvalue weighted by atomic mass is 9.85. The zero-order valence-corrected chi connectivity index (χ0v) is 28.6. The number of unbranched alkanes of at least 4 members (excludes halogenated alkanes) is 5. The smallest absolute Gasteiger partial charge is 0.220 e. The normalized spacial score (nSPS) is 14.6. The summed E-state index contributed by atoms with van der Waals surface area (Å²) in [7, 11) is 1.71. The van der Waals surface area contributed by atoms with Gasteiger partial charge in [-0.15, -0.1) is 0 Å². The molecule has 0 bridgehead atoms. The number of methoxy groups -OCH3 is 1. The maximum atomic E-state index is 13.5. The molecule has 1 aliphatic heterocycles. The van der Waals surface area contributed by atoms with Crippen LogP contribution in [0.4, 0.5) is 0 Å². The van der Waals surface area contributed by atoms with Gasteiger partial charge in [0, 0.05) is 19.0 Å². The molecule has 0 spiro atoms. The maximum Gasteiger partial charge on any atom is 0.220 e. The van der Waals surface area contributed by atoms with E-state index in [1.54, 1.807) is 7.11 Å². The van der Waals surface area contributed by atoms with Crippen LogP contribution in [0.2, 0.25) is 0 Å². The first kappa shape index (κ1) is 34.5. The standard InChI is InChI=1S/C42H54N2O3/c1-3-4-5-6-7-10-28-47-40-15-11-12-33(30-40)19-23-42(45)43-41(31-35-16-20-36-13-8-9-14-38(36)29-35)37-24-26-44(27-25-37)32-34-17-21-39(46-2)22-18-34/h8-9,11-18,20-22,29-30,37,41H,3-7,10,19,23-28,31-32H2,1-2H3,(H,43,45). The number of carbonyl (C=O) groups excluding carboxylic acids is 1. The molecule has 0 aliphatic carbocycles. The van der Waals surface area contributed by atoms with E-state index in [4.69, 9.17) is 9.47 Å². The lowest BCUT2D eigenvalue weighted by Crippen LogP contribution is -2.46. The van der Waals surface area contributed by atoms with Crippen LogP contribution in [0.15, 0.2) is 91.0 Å². The predicted molar refractivity (Wildman–Crippen MR) is 194 cm³/mol. The van der Waals surface area contributed by atoms with Crippen molar-refractivity contribution in [3.8, 4) is 11.5 Å². The van der Waals surface area contributed by atoms with E-state index in [9.17, 15) is 4.79 Å². The Bertz CT molecular complexity index is 1510. The van der Waals surface area contributed by atoms with Crippen molar-refractivity contribution in [2.75, 3.05) is 26.8 Å². The van der Waals surface area contributed by atoms with E-state index < -0.39 is 0 Å². The molecular weight excluding hydrogens is 580 g/mol. The Labute approximate surface area is 282 Å². The molecule has 250 valence electrons. The highest BCUT2D eigenvalue weighted by atomic mass is 16.5. The summed E-state index contributed by atoms with van der Waals surface area (Å²) in [6.07, 6.45) is 11.7. The van der Waals surface area contributed by atoms with Crippen molar-refractivity contribution in [1.29, 1.82) is 0 Å². The van der Waals surface area contributed by atoms with Gasteiger partial charge in [0.1, 0.15) is 11.5 Å². The molecule has 0 aromatic heterocycles. The molecule has 1 saturated heterocycles. The number of aryl methyl sites for hydroxylation is 1. The van der Waals surface area contributed by atoms with E-state index in [0.717, 1.165) is 69.0 Å². The zero-order chi connectivity index (χ0) is 32.7. The number of likely N-dealkylation sites (tertiary alicyclic amines) is 1. The Morgan fingerprint density at radius 1 is 0.787 bits per heavy atom. The summed E-state index contributed by atoms with van der Waals surface area (Å²) in [6.45, 7) is 6.02. The molecule has 1 aliphatic rings. The van der Waals surface area contributed by atoms with Gasteiger partial charge < -0.3 is 14.8 Å². The molecule has 1 atom stereocenters. The minimum atomic E-state index is 0.110. The summed E-state index contributed by atoms with van der Waals surface area (Å²) in [5, 5.41) is 6.01. The van der Waals surface area contributed by atoms with Gasteiger partial charge in [0.05, 0.1) is 13.7 Å². The SMILES string of the molecule is CCCCCCCCOc1cccc(CCC(=O)NC(Cc2ccc3ccccc3c2)C2CCN(Cc3ccc(OC)cc3)CC2)c1. The van der Waals surface area contributed by atoms with Gasteiger partial charge in [0.15, 0.2) is 0 Å². The number of benzene rings is 4. The molecule has 5 rings (SSSR count). The second-order valence-electron chi connectivity index (χ2n) is 13.3. The first-order chi connectivity index (χ1) is 23.1. The van der Waals surface area contributed by atoms with Gasteiger partial charge in [0.25, 0.3) is 0 Å². The van der Waals surface area contributed by atoms with Gasteiger partial charge in [-0.1, -0.05) is 106 Å². The number of nitrogens with one attached hydrogen (secondary N) is 1. The van der Waals surface area contributed by atoms with Crippen molar-refractivity contribution in [2.24, 2.45) is 5.92 Å². The number of amides is 1. The van der Waals surface area contributed by atoms with Crippen LogP contribution >= 0.6 is 0 Å². The summed E-state index contributed by atoms with van der Waals surface area (Å²) in [5.41, 5.74) is 3.74. The predicted octanol–water partition coefficient (Wildman–Crippen LogP) is 9.16. The summed E-state index contributed by atoms with van der Waals surface area (Å²) < 4.78 is 11.4. The molecule has 1 N–H and O–H groups in total. The monoisotopic (exact) mass is 634 g/mol. The lowest BCUT2D eigenvalue weighted by molar-refractivity contribution is -0.122. The van der Waals surface area contributed by atoms with Crippen molar-refractivity contribution in [2.45, 2.75) is 90.1 Å². The van der Waals surface area contributed by atoms with Crippen molar-refractivity contribution < 1.29 is 14.3 Å². The number of carbonyl (C=O) groups is 1. The second kappa shape index (κ2) is 18.5. The number of hydrogen-bond donors (Lipinski definition) is 1. The molecule has 5 nitrogen and oxygen atoms in total. The largest absolute Gasteiger partial charge is 0.497 e. The Hall–Kier alpha value is -3.83. The topological polar surface area (TPSA) is 50.8 Å². The van der Waals surface area contributed by atoms with Crippen molar-refractivity contribution in [3.63, 3.8) is 0 Å². The number of ether oxygens (including phenoxy) is 2. The Morgan fingerprint density at radius 3 is 2.32 bits per heavy atom. The van der Waals surface area contributed by atoms with E-state index in [1.165, 1.54) is 54.0 Å². The number of hydrogen-bond acceptors (Lipinski definition) is 4. The van der Waals surface area contributed by atoms with Gasteiger partial charge in [-0.25, -0.2) is 0 Å². The van der Waals surface area contributed by atoms with E-state index in [1.807, 2.05) is 24.3 Å². The van der Waals surface area contributed by atoms with Gasteiger partial charge in [0.2, 0.25) is 5.91 Å². The molecule has 1 heterocycles. The fraction of sp³-hybridized carbons (Fsp3) is 0.452. The third kappa shape index (κ3) is 11.1. The minimum absolute atomic E-state index is 0.110. The van der Waals surface area contributed by atoms with Crippen LogP contribution in [0.25, 0.3) is 10.8 Å². The number of nitrogens with zero attached hydrogens (tertiary/aromatic N) is 1. The summed E-state index contributed by atoms with van der Waals surface area (Å²) >= 11 is 0. The van der Waals surface area contributed by atoms with Crippen LogP contribution in [-0.2, 0) is 24.2 Å². The van der Waals surface area contributed by atoms with Crippen molar-refractivity contribution in [3.05, 3.63) is 108 Å². The molecular formula is C42H54N2O3. The lowest BCUT2D eigenvalue weighted by Gasteiger charge is -2.36. The third-order valence-corrected chi connectivity index (χ3v) is 9.69. The van der Waals surface area contributed by atoms with E-state index in [-0.39, 0.29) is 11.9 Å². The molecule has 4 aromatic carbocycles. The first-order valence-electron chi connectivity index (χ1n) is 17.9. The van der Waals surface area contributed by atoms with Gasteiger partial charge in [-0.3, -0.25) is 9.69 Å². The Balaban J connectivity index is 1.16. The fourth-order valence-electron chi connectivity index (χ4n) is 6.86. The summed E-state index contributed by atoms with van der Waals surface area (Å²) in [6, 6.07) is 32.0. The van der Waals surface area contributed by atoms with Gasteiger partial charge >= 0.3 is 0 Å².